The van der Waals surface area contributed by atoms with Gasteiger partial charge in [-0.15, -0.1) is 11.3 Å². The first kappa shape index (κ1) is 11.7. The largest absolute Gasteiger partial charge is 0.402 e. The molecule has 0 radical (unpaired) electrons. The van der Waals surface area contributed by atoms with E-state index in [-0.39, 0.29) is 5.89 Å². The minimum absolute atomic E-state index is 0.201. The standard InChI is InChI=1S/C12H5Cl2NO2S/c13-6-1-2-7(8(14)5-6)11-15-9-3-4-18-10(9)12(16)17-11/h1-5H. The first-order chi connectivity index (χ1) is 8.65. The zero-order chi connectivity index (χ0) is 12.7. The number of benzene rings is 1. The molecule has 6 heteroatoms. The quantitative estimate of drug-likeness (QED) is 0.675. The Kier molecular flexibility index (Phi) is 2.86. The number of hydrogen-bond donors (Lipinski definition) is 0. The molecular weight excluding hydrogens is 293 g/mol. The lowest BCUT2D eigenvalue weighted by atomic mass is 10.2. The van der Waals surface area contributed by atoms with Crippen molar-refractivity contribution in [1.82, 2.24) is 4.98 Å². The van der Waals surface area contributed by atoms with Gasteiger partial charge in [0, 0.05) is 5.02 Å². The molecule has 3 aromatic rings. The second-order valence-electron chi connectivity index (χ2n) is 3.57. The van der Waals surface area contributed by atoms with Crippen molar-refractivity contribution in [3.05, 3.63) is 50.1 Å². The maximum absolute atomic E-state index is 11.7. The van der Waals surface area contributed by atoms with Crippen LogP contribution in [0.5, 0.6) is 0 Å². The molecular formula is C12H5Cl2NO2S. The van der Waals surface area contributed by atoms with Gasteiger partial charge in [-0.2, -0.15) is 0 Å². The minimum Gasteiger partial charge on any atom is -0.402 e. The van der Waals surface area contributed by atoms with Crippen LogP contribution in [0, 0.1) is 0 Å². The van der Waals surface area contributed by atoms with Gasteiger partial charge in [-0.05, 0) is 29.6 Å². The number of fused-ring (bicyclic) bond motifs is 1. The SMILES string of the molecule is O=c1oc(-c2ccc(Cl)cc2Cl)nc2ccsc12. The van der Waals surface area contributed by atoms with Crippen LogP contribution in [0.4, 0.5) is 0 Å². The third-order valence-corrected chi connectivity index (χ3v) is 3.83. The Morgan fingerprint density at radius 3 is 2.83 bits per heavy atom. The molecule has 1 aromatic carbocycles. The van der Waals surface area contributed by atoms with E-state index >= 15 is 0 Å². The lowest BCUT2D eigenvalue weighted by Crippen LogP contribution is -2.00. The maximum Gasteiger partial charge on any atom is 0.357 e. The van der Waals surface area contributed by atoms with E-state index in [2.05, 4.69) is 4.98 Å². The zero-order valence-electron chi connectivity index (χ0n) is 8.81. The van der Waals surface area contributed by atoms with Crippen molar-refractivity contribution in [2.24, 2.45) is 0 Å². The van der Waals surface area contributed by atoms with Gasteiger partial charge in [0.25, 0.3) is 0 Å². The summed E-state index contributed by atoms with van der Waals surface area (Å²) >= 11 is 13.2. The van der Waals surface area contributed by atoms with Gasteiger partial charge in [0.2, 0.25) is 5.89 Å². The van der Waals surface area contributed by atoms with E-state index in [1.54, 1.807) is 29.6 Å². The van der Waals surface area contributed by atoms with Crippen molar-refractivity contribution in [2.45, 2.75) is 0 Å². The van der Waals surface area contributed by atoms with E-state index in [1.165, 1.54) is 11.3 Å². The predicted octanol–water partition coefficient (Wildman–Crippen LogP) is 4.22. The Balaban J connectivity index is 2.28. The number of nitrogens with zero attached hydrogens (tertiary/aromatic N) is 1. The first-order valence-electron chi connectivity index (χ1n) is 4.99. The molecule has 18 heavy (non-hydrogen) atoms. The highest BCUT2D eigenvalue weighted by Crippen LogP contribution is 2.29. The van der Waals surface area contributed by atoms with Crippen LogP contribution in [0.3, 0.4) is 0 Å². The van der Waals surface area contributed by atoms with Gasteiger partial charge < -0.3 is 4.42 Å². The fourth-order valence-corrected chi connectivity index (χ4v) is 2.78. The predicted molar refractivity (Wildman–Crippen MR) is 73.6 cm³/mol. The van der Waals surface area contributed by atoms with Crippen LogP contribution in [-0.4, -0.2) is 4.98 Å². The van der Waals surface area contributed by atoms with Crippen molar-refractivity contribution in [1.29, 1.82) is 0 Å². The Morgan fingerprint density at radius 1 is 1.22 bits per heavy atom. The molecule has 2 heterocycles. The third-order valence-electron chi connectivity index (χ3n) is 2.40. The van der Waals surface area contributed by atoms with Gasteiger partial charge >= 0.3 is 5.63 Å². The summed E-state index contributed by atoms with van der Waals surface area (Å²) in [6.07, 6.45) is 0. The molecule has 0 spiro atoms. The van der Waals surface area contributed by atoms with Crippen molar-refractivity contribution >= 4 is 44.8 Å². The van der Waals surface area contributed by atoms with E-state index in [1.807, 2.05) is 0 Å². The molecule has 2 aromatic heterocycles. The summed E-state index contributed by atoms with van der Waals surface area (Å²) in [6.45, 7) is 0. The fourth-order valence-electron chi connectivity index (χ4n) is 1.59. The van der Waals surface area contributed by atoms with Crippen LogP contribution < -0.4 is 5.63 Å². The molecule has 90 valence electrons. The summed E-state index contributed by atoms with van der Waals surface area (Å²) in [4.78, 5) is 16.0. The van der Waals surface area contributed by atoms with Crippen molar-refractivity contribution < 1.29 is 4.42 Å². The van der Waals surface area contributed by atoms with Crippen molar-refractivity contribution in [3.8, 4) is 11.5 Å². The van der Waals surface area contributed by atoms with E-state index in [4.69, 9.17) is 27.6 Å². The fraction of sp³-hybridized carbons (Fsp3) is 0. The molecule has 0 aliphatic carbocycles. The van der Waals surface area contributed by atoms with Crippen molar-refractivity contribution in [2.75, 3.05) is 0 Å². The van der Waals surface area contributed by atoms with E-state index in [0.29, 0.717) is 25.8 Å². The molecule has 0 aliphatic heterocycles. The number of thiophene rings is 1. The van der Waals surface area contributed by atoms with Crippen molar-refractivity contribution in [3.63, 3.8) is 0 Å². The van der Waals surface area contributed by atoms with Gasteiger partial charge in [-0.25, -0.2) is 9.78 Å². The molecule has 0 amide bonds. The summed E-state index contributed by atoms with van der Waals surface area (Å²) in [6, 6.07) is 6.69. The van der Waals surface area contributed by atoms with E-state index in [9.17, 15) is 4.79 Å². The number of hydrogen-bond acceptors (Lipinski definition) is 4. The van der Waals surface area contributed by atoms with Gasteiger partial charge in [-0.3, -0.25) is 0 Å². The zero-order valence-corrected chi connectivity index (χ0v) is 11.1. The molecule has 0 fully saturated rings. The van der Waals surface area contributed by atoms with Crippen LogP contribution in [0.15, 0.2) is 38.9 Å². The van der Waals surface area contributed by atoms with Gasteiger partial charge in [0.1, 0.15) is 4.70 Å². The molecule has 3 nitrogen and oxygen atoms in total. The Morgan fingerprint density at radius 2 is 2.06 bits per heavy atom. The lowest BCUT2D eigenvalue weighted by molar-refractivity contribution is 0.519. The highest BCUT2D eigenvalue weighted by atomic mass is 35.5. The number of halogens is 2. The normalized spacial score (nSPS) is 11.0. The van der Waals surface area contributed by atoms with Gasteiger partial charge in [-0.1, -0.05) is 23.2 Å². The smallest absolute Gasteiger partial charge is 0.357 e. The maximum atomic E-state index is 11.7. The number of aromatic nitrogens is 1. The number of rotatable bonds is 1. The highest BCUT2D eigenvalue weighted by Gasteiger charge is 2.12. The molecule has 0 saturated heterocycles. The summed E-state index contributed by atoms with van der Waals surface area (Å²) in [5, 5.41) is 2.71. The second-order valence-corrected chi connectivity index (χ2v) is 5.33. The molecule has 3 rings (SSSR count). The van der Waals surface area contributed by atoms with Gasteiger partial charge in [0.15, 0.2) is 0 Å². The Labute approximate surface area is 116 Å². The van der Waals surface area contributed by atoms with Gasteiger partial charge in [0.05, 0.1) is 16.1 Å². The Bertz CT molecular complexity index is 794. The second kappa shape index (κ2) is 4.39. The topological polar surface area (TPSA) is 43.1 Å². The van der Waals surface area contributed by atoms with E-state index < -0.39 is 5.63 Å². The summed E-state index contributed by atoms with van der Waals surface area (Å²) in [5.74, 6) is 0.201. The Hall–Kier alpha value is -1.36. The minimum atomic E-state index is -0.406. The third kappa shape index (κ3) is 1.92. The molecule has 0 aliphatic rings. The van der Waals surface area contributed by atoms with Crippen LogP contribution >= 0.6 is 34.5 Å². The lowest BCUT2D eigenvalue weighted by Gasteiger charge is -2.02. The molecule has 0 saturated carbocycles. The first-order valence-corrected chi connectivity index (χ1v) is 6.62. The highest BCUT2D eigenvalue weighted by molar-refractivity contribution is 7.17. The summed E-state index contributed by atoms with van der Waals surface area (Å²) < 4.78 is 5.68. The monoisotopic (exact) mass is 297 g/mol. The molecule has 0 atom stereocenters. The summed E-state index contributed by atoms with van der Waals surface area (Å²) in [5.41, 5.74) is 0.750. The molecule has 0 N–H and O–H groups in total. The van der Waals surface area contributed by atoms with Crippen LogP contribution in [0.2, 0.25) is 10.0 Å². The van der Waals surface area contributed by atoms with E-state index in [0.717, 1.165) is 0 Å². The molecule has 0 bridgehead atoms. The average molecular weight is 298 g/mol. The van der Waals surface area contributed by atoms with Crippen LogP contribution in [0.1, 0.15) is 0 Å². The van der Waals surface area contributed by atoms with Crippen LogP contribution in [-0.2, 0) is 0 Å². The average Bonchev–Trinajstić information content (AvgIpc) is 2.77. The molecule has 0 unspecified atom stereocenters. The van der Waals surface area contributed by atoms with Crippen LogP contribution in [0.25, 0.3) is 21.7 Å². The summed E-state index contributed by atoms with van der Waals surface area (Å²) in [7, 11) is 0.